The highest BCUT2D eigenvalue weighted by Gasteiger charge is 2.22. The van der Waals surface area contributed by atoms with Crippen molar-refractivity contribution in [3.63, 3.8) is 0 Å². The SMILES string of the molecule is COc1ccc(C(CNCc2ccccc2Br)N2CCOCC2)cc1. The fourth-order valence-electron chi connectivity index (χ4n) is 3.16. The number of benzene rings is 2. The van der Waals surface area contributed by atoms with Gasteiger partial charge in [0.15, 0.2) is 0 Å². The summed E-state index contributed by atoms with van der Waals surface area (Å²) in [6.45, 7) is 5.28. The van der Waals surface area contributed by atoms with Crippen LogP contribution >= 0.6 is 15.9 Å². The third kappa shape index (κ3) is 5.05. The Morgan fingerprint density at radius 1 is 1.12 bits per heavy atom. The monoisotopic (exact) mass is 404 g/mol. The Bertz CT molecular complexity index is 657. The molecule has 1 saturated heterocycles. The highest BCUT2D eigenvalue weighted by Crippen LogP contribution is 2.24. The second-order valence-corrected chi connectivity index (χ2v) is 7.01. The maximum absolute atomic E-state index is 5.52. The molecule has 1 fully saturated rings. The first-order chi connectivity index (χ1) is 12.3. The summed E-state index contributed by atoms with van der Waals surface area (Å²) in [5.41, 5.74) is 2.58. The Kier molecular flexibility index (Phi) is 6.87. The van der Waals surface area contributed by atoms with Crippen LogP contribution in [0.4, 0.5) is 0 Å². The van der Waals surface area contributed by atoms with Gasteiger partial charge < -0.3 is 14.8 Å². The van der Waals surface area contributed by atoms with Crippen molar-refractivity contribution in [2.24, 2.45) is 0 Å². The topological polar surface area (TPSA) is 33.7 Å². The van der Waals surface area contributed by atoms with Gasteiger partial charge in [-0.05, 0) is 29.3 Å². The van der Waals surface area contributed by atoms with E-state index >= 15 is 0 Å². The number of rotatable bonds is 7. The van der Waals surface area contributed by atoms with Crippen molar-refractivity contribution in [2.75, 3.05) is 40.0 Å². The minimum Gasteiger partial charge on any atom is -0.497 e. The van der Waals surface area contributed by atoms with Crippen LogP contribution in [0.2, 0.25) is 0 Å². The summed E-state index contributed by atoms with van der Waals surface area (Å²) in [7, 11) is 1.70. The lowest BCUT2D eigenvalue weighted by Crippen LogP contribution is -2.42. The molecule has 0 saturated carbocycles. The van der Waals surface area contributed by atoms with Gasteiger partial charge >= 0.3 is 0 Å². The molecule has 1 aliphatic rings. The summed E-state index contributed by atoms with van der Waals surface area (Å²) in [4.78, 5) is 2.50. The zero-order valence-corrected chi connectivity index (χ0v) is 16.2. The van der Waals surface area contributed by atoms with E-state index in [0.29, 0.717) is 6.04 Å². The predicted molar refractivity (Wildman–Crippen MR) is 104 cm³/mol. The Morgan fingerprint density at radius 2 is 1.84 bits per heavy atom. The van der Waals surface area contributed by atoms with Crippen molar-refractivity contribution < 1.29 is 9.47 Å². The van der Waals surface area contributed by atoms with Crippen LogP contribution in [0.15, 0.2) is 53.0 Å². The quantitative estimate of drug-likeness (QED) is 0.763. The molecule has 1 atom stereocenters. The molecule has 5 heteroatoms. The second kappa shape index (κ2) is 9.34. The summed E-state index contributed by atoms with van der Waals surface area (Å²) >= 11 is 3.62. The van der Waals surface area contributed by atoms with E-state index in [1.165, 1.54) is 11.1 Å². The van der Waals surface area contributed by atoms with E-state index in [1.807, 2.05) is 18.2 Å². The van der Waals surface area contributed by atoms with Gasteiger partial charge in [0.25, 0.3) is 0 Å². The van der Waals surface area contributed by atoms with Gasteiger partial charge in [-0.15, -0.1) is 0 Å². The van der Waals surface area contributed by atoms with Crippen molar-refractivity contribution in [1.82, 2.24) is 10.2 Å². The Hall–Kier alpha value is -1.40. The van der Waals surface area contributed by atoms with Crippen LogP contribution in [0.5, 0.6) is 5.75 Å². The highest BCUT2D eigenvalue weighted by molar-refractivity contribution is 9.10. The van der Waals surface area contributed by atoms with Gasteiger partial charge in [-0.3, -0.25) is 4.90 Å². The molecule has 2 aromatic rings. The fourth-order valence-corrected chi connectivity index (χ4v) is 3.58. The molecule has 4 nitrogen and oxygen atoms in total. The predicted octanol–water partition coefficient (Wildman–Crippen LogP) is 3.62. The van der Waals surface area contributed by atoms with Crippen LogP contribution in [0.25, 0.3) is 0 Å². The molecule has 0 bridgehead atoms. The largest absolute Gasteiger partial charge is 0.497 e. The number of nitrogens with zero attached hydrogens (tertiary/aromatic N) is 1. The minimum absolute atomic E-state index is 0.331. The molecule has 0 aliphatic carbocycles. The van der Waals surface area contributed by atoms with Crippen LogP contribution in [-0.2, 0) is 11.3 Å². The molecule has 2 aromatic carbocycles. The third-order valence-corrected chi connectivity index (χ3v) is 5.37. The molecule has 0 aromatic heterocycles. The number of morpholine rings is 1. The molecular weight excluding hydrogens is 380 g/mol. The van der Waals surface area contributed by atoms with Crippen molar-refractivity contribution >= 4 is 15.9 Å². The van der Waals surface area contributed by atoms with Crippen molar-refractivity contribution in [3.8, 4) is 5.75 Å². The van der Waals surface area contributed by atoms with Gasteiger partial charge in [0.05, 0.1) is 20.3 Å². The van der Waals surface area contributed by atoms with Crippen LogP contribution in [0.1, 0.15) is 17.2 Å². The average Bonchev–Trinajstić information content (AvgIpc) is 2.67. The second-order valence-electron chi connectivity index (χ2n) is 6.16. The number of nitrogens with one attached hydrogen (secondary N) is 1. The summed E-state index contributed by atoms with van der Waals surface area (Å²) < 4.78 is 12.0. The summed E-state index contributed by atoms with van der Waals surface area (Å²) in [6, 6.07) is 17.1. The highest BCUT2D eigenvalue weighted by atomic mass is 79.9. The number of halogens is 1. The summed E-state index contributed by atoms with van der Waals surface area (Å²) in [6.07, 6.45) is 0. The maximum atomic E-state index is 5.52. The molecule has 1 N–H and O–H groups in total. The van der Waals surface area contributed by atoms with E-state index in [1.54, 1.807) is 7.11 Å². The summed E-state index contributed by atoms with van der Waals surface area (Å²) in [5, 5.41) is 3.62. The fraction of sp³-hybridized carbons (Fsp3) is 0.400. The molecule has 0 amide bonds. The minimum atomic E-state index is 0.331. The molecular formula is C20H25BrN2O2. The van der Waals surface area contributed by atoms with Gasteiger partial charge in [0, 0.05) is 36.7 Å². The summed E-state index contributed by atoms with van der Waals surface area (Å²) in [5.74, 6) is 0.894. The first-order valence-corrected chi connectivity index (χ1v) is 9.47. The van der Waals surface area contributed by atoms with Crippen LogP contribution in [0.3, 0.4) is 0 Å². The van der Waals surface area contributed by atoms with Crippen molar-refractivity contribution in [1.29, 1.82) is 0 Å². The van der Waals surface area contributed by atoms with E-state index in [0.717, 1.165) is 49.6 Å². The first-order valence-electron chi connectivity index (χ1n) is 8.68. The number of hydrogen-bond acceptors (Lipinski definition) is 4. The molecule has 1 heterocycles. The molecule has 3 rings (SSSR count). The van der Waals surface area contributed by atoms with Crippen molar-refractivity contribution in [2.45, 2.75) is 12.6 Å². The van der Waals surface area contributed by atoms with E-state index in [4.69, 9.17) is 9.47 Å². The van der Waals surface area contributed by atoms with Gasteiger partial charge in [-0.1, -0.05) is 46.3 Å². The lowest BCUT2D eigenvalue weighted by atomic mass is 10.0. The average molecular weight is 405 g/mol. The van der Waals surface area contributed by atoms with Gasteiger partial charge in [0.2, 0.25) is 0 Å². The Labute approximate surface area is 158 Å². The first kappa shape index (κ1) is 18.4. The molecule has 25 heavy (non-hydrogen) atoms. The zero-order valence-electron chi connectivity index (χ0n) is 14.6. The van der Waals surface area contributed by atoms with Gasteiger partial charge in [0.1, 0.15) is 5.75 Å². The van der Waals surface area contributed by atoms with Crippen LogP contribution in [-0.4, -0.2) is 44.9 Å². The van der Waals surface area contributed by atoms with Crippen molar-refractivity contribution in [3.05, 3.63) is 64.1 Å². The van der Waals surface area contributed by atoms with Crippen LogP contribution in [0, 0.1) is 0 Å². The molecule has 1 unspecified atom stereocenters. The normalized spacial score (nSPS) is 16.6. The van der Waals surface area contributed by atoms with Gasteiger partial charge in [-0.2, -0.15) is 0 Å². The standard InChI is InChI=1S/C20H25BrN2O2/c1-24-18-8-6-16(7-9-18)20(23-10-12-25-13-11-23)15-22-14-17-4-2-3-5-19(17)21/h2-9,20,22H,10-15H2,1H3. The van der Waals surface area contributed by atoms with Gasteiger partial charge in [-0.25, -0.2) is 0 Å². The zero-order chi connectivity index (χ0) is 17.5. The van der Waals surface area contributed by atoms with E-state index < -0.39 is 0 Å². The lowest BCUT2D eigenvalue weighted by molar-refractivity contribution is 0.0161. The third-order valence-electron chi connectivity index (χ3n) is 4.60. The lowest BCUT2D eigenvalue weighted by Gasteiger charge is -2.35. The van der Waals surface area contributed by atoms with E-state index in [9.17, 15) is 0 Å². The number of methoxy groups -OCH3 is 1. The molecule has 0 radical (unpaired) electrons. The van der Waals surface area contributed by atoms with Crippen LogP contribution < -0.4 is 10.1 Å². The smallest absolute Gasteiger partial charge is 0.118 e. The molecule has 1 aliphatic heterocycles. The molecule has 0 spiro atoms. The van der Waals surface area contributed by atoms with E-state index in [-0.39, 0.29) is 0 Å². The maximum Gasteiger partial charge on any atom is 0.118 e. The molecule has 134 valence electrons. The van der Waals surface area contributed by atoms with E-state index in [2.05, 4.69) is 56.5 Å². The number of ether oxygens (including phenoxy) is 2. The number of hydrogen-bond donors (Lipinski definition) is 1. The Morgan fingerprint density at radius 3 is 2.52 bits per heavy atom. The Balaban J connectivity index is 1.68.